The van der Waals surface area contributed by atoms with Gasteiger partial charge in [-0.15, -0.1) is 0 Å². The summed E-state index contributed by atoms with van der Waals surface area (Å²) in [4.78, 5) is 0. The monoisotopic (exact) mass is 215 g/mol. The van der Waals surface area contributed by atoms with Gasteiger partial charge in [-0.1, -0.05) is 42.8 Å². The van der Waals surface area contributed by atoms with E-state index in [0.717, 1.165) is 6.54 Å². The Kier molecular flexibility index (Phi) is 3.79. The van der Waals surface area contributed by atoms with Crippen molar-refractivity contribution in [2.24, 2.45) is 0 Å². The van der Waals surface area contributed by atoms with Gasteiger partial charge in [-0.25, -0.2) is 0 Å². The van der Waals surface area contributed by atoms with E-state index in [1.807, 2.05) is 0 Å². The molecule has 0 bridgehead atoms. The molecule has 1 unspecified atom stereocenters. The standard InChI is InChI=1S/C15H21N/c1-3-16-15(13-9-5-6-10-13)14-11-7-4-8-12(14)2/h4,7-9,11,15-16H,3,5-6,10H2,1-2H3. The third-order valence-electron chi connectivity index (χ3n) is 3.35. The number of allylic oxidation sites excluding steroid dienone is 1. The summed E-state index contributed by atoms with van der Waals surface area (Å²) < 4.78 is 0. The zero-order valence-electron chi connectivity index (χ0n) is 10.3. The number of hydrogen-bond donors (Lipinski definition) is 1. The first kappa shape index (κ1) is 11.4. The predicted molar refractivity (Wildman–Crippen MR) is 69.5 cm³/mol. The summed E-state index contributed by atoms with van der Waals surface area (Å²) in [5, 5.41) is 3.61. The van der Waals surface area contributed by atoms with Crippen molar-refractivity contribution in [3.05, 3.63) is 47.0 Å². The summed E-state index contributed by atoms with van der Waals surface area (Å²) in [6, 6.07) is 9.15. The van der Waals surface area contributed by atoms with Gasteiger partial charge in [-0.05, 0) is 43.9 Å². The lowest BCUT2D eigenvalue weighted by Gasteiger charge is -2.21. The molecule has 1 aromatic rings. The molecule has 0 saturated heterocycles. The quantitative estimate of drug-likeness (QED) is 0.754. The Morgan fingerprint density at radius 3 is 2.75 bits per heavy atom. The van der Waals surface area contributed by atoms with Gasteiger partial charge in [0.15, 0.2) is 0 Å². The van der Waals surface area contributed by atoms with Gasteiger partial charge in [0, 0.05) is 0 Å². The lowest BCUT2D eigenvalue weighted by atomic mass is 9.94. The van der Waals surface area contributed by atoms with Crippen LogP contribution in [0.5, 0.6) is 0 Å². The molecule has 0 radical (unpaired) electrons. The molecule has 0 spiro atoms. The number of nitrogens with one attached hydrogen (secondary N) is 1. The molecule has 0 heterocycles. The fourth-order valence-electron chi connectivity index (χ4n) is 2.51. The second kappa shape index (κ2) is 5.31. The average molecular weight is 215 g/mol. The number of hydrogen-bond acceptors (Lipinski definition) is 1. The van der Waals surface area contributed by atoms with E-state index in [9.17, 15) is 0 Å². The van der Waals surface area contributed by atoms with Crippen LogP contribution in [0, 0.1) is 6.92 Å². The van der Waals surface area contributed by atoms with Crippen molar-refractivity contribution in [2.45, 2.75) is 39.2 Å². The predicted octanol–water partition coefficient (Wildman–Crippen LogP) is 3.76. The van der Waals surface area contributed by atoms with Crippen molar-refractivity contribution in [2.75, 3.05) is 6.54 Å². The third-order valence-corrected chi connectivity index (χ3v) is 3.35. The second-order valence-electron chi connectivity index (χ2n) is 4.52. The molecule has 1 aromatic carbocycles. The second-order valence-corrected chi connectivity index (χ2v) is 4.52. The van der Waals surface area contributed by atoms with Crippen LogP contribution in [-0.2, 0) is 0 Å². The highest BCUT2D eigenvalue weighted by atomic mass is 14.9. The van der Waals surface area contributed by atoms with Crippen LogP contribution in [0.25, 0.3) is 0 Å². The minimum absolute atomic E-state index is 0.439. The van der Waals surface area contributed by atoms with Gasteiger partial charge in [0.25, 0.3) is 0 Å². The molecule has 1 aliphatic rings. The van der Waals surface area contributed by atoms with E-state index in [0.29, 0.717) is 6.04 Å². The average Bonchev–Trinajstić information content (AvgIpc) is 2.80. The Labute approximate surface area is 98.6 Å². The molecule has 0 fully saturated rings. The molecular weight excluding hydrogens is 194 g/mol. The van der Waals surface area contributed by atoms with Crippen LogP contribution >= 0.6 is 0 Å². The highest BCUT2D eigenvalue weighted by molar-refractivity contribution is 5.35. The maximum Gasteiger partial charge on any atom is 0.0538 e. The minimum Gasteiger partial charge on any atom is -0.307 e. The first-order valence-corrected chi connectivity index (χ1v) is 6.30. The normalized spacial score (nSPS) is 17.2. The summed E-state index contributed by atoms with van der Waals surface area (Å²) in [7, 11) is 0. The van der Waals surface area contributed by atoms with E-state index in [1.165, 1.54) is 30.4 Å². The minimum atomic E-state index is 0.439. The summed E-state index contributed by atoms with van der Waals surface area (Å²) in [6.45, 7) is 5.41. The molecule has 2 rings (SSSR count). The summed E-state index contributed by atoms with van der Waals surface area (Å²) in [5.74, 6) is 0. The van der Waals surface area contributed by atoms with Gasteiger partial charge < -0.3 is 5.32 Å². The van der Waals surface area contributed by atoms with E-state index in [-0.39, 0.29) is 0 Å². The molecule has 16 heavy (non-hydrogen) atoms. The molecule has 0 aliphatic heterocycles. The Bertz CT molecular complexity index is 379. The molecule has 86 valence electrons. The molecule has 0 aromatic heterocycles. The number of aryl methyl sites for hydroxylation is 1. The van der Waals surface area contributed by atoms with Crippen molar-refractivity contribution in [3.63, 3.8) is 0 Å². The molecule has 0 amide bonds. The van der Waals surface area contributed by atoms with E-state index in [4.69, 9.17) is 0 Å². The van der Waals surface area contributed by atoms with Crippen molar-refractivity contribution < 1.29 is 0 Å². The maximum atomic E-state index is 3.61. The van der Waals surface area contributed by atoms with Crippen molar-refractivity contribution in [3.8, 4) is 0 Å². The van der Waals surface area contributed by atoms with Crippen LogP contribution in [0.1, 0.15) is 43.4 Å². The van der Waals surface area contributed by atoms with Crippen molar-refractivity contribution in [1.29, 1.82) is 0 Å². The first-order valence-electron chi connectivity index (χ1n) is 6.30. The molecule has 1 atom stereocenters. The summed E-state index contributed by atoms with van der Waals surface area (Å²) >= 11 is 0. The fourth-order valence-corrected chi connectivity index (χ4v) is 2.51. The van der Waals surface area contributed by atoms with Gasteiger partial charge in [0.1, 0.15) is 0 Å². The molecule has 1 aliphatic carbocycles. The van der Waals surface area contributed by atoms with Gasteiger partial charge in [0.05, 0.1) is 6.04 Å². The van der Waals surface area contributed by atoms with Crippen molar-refractivity contribution >= 4 is 0 Å². The maximum absolute atomic E-state index is 3.61. The lowest BCUT2D eigenvalue weighted by molar-refractivity contribution is 0.603. The number of rotatable bonds is 4. The van der Waals surface area contributed by atoms with E-state index in [1.54, 1.807) is 5.57 Å². The van der Waals surface area contributed by atoms with Crippen LogP contribution < -0.4 is 5.32 Å². The van der Waals surface area contributed by atoms with Crippen LogP contribution in [0.2, 0.25) is 0 Å². The highest BCUT2D eigenvalue weighted by Crippen LogP contribution is 2.31. The van der Waals surface area contributed by atoms with Gasteiger partial charge in [-0.3, -0.25) is 0 Å². The van der Waals surface area contributed by atoms with Crippen LogP contribution in [-0.4, -0.2) is 6.54 Å². The topological polar surface area (TPSA) is 12.0 Å². The van der Waals surface area contributed by atoms with Crippen LogP contribution in [0.15, 0.2) is 35.9 Å². The molecule has 0 saturated carbocycles. The Balaban J connectivity index is 2.28. The van der Waals surface area contributed by atoms with Crippen molar-refractivity contribution in [1.82, 2.24) is 5.32 Å². The highest BCUT2D eigenvalue weighted by Gasteiger charge is 2.18. The summed E-state index contributed by atoms with van der Waals surface area (Å²) in [6.07, 6.45) is 6.25. The molecule has 1 nitrogen and oxygen atoms in total. The third kappa shape index (κ3) is 2.35. The fraction of sp³-hybridized carbons (Fsp3) is 0.467. The number of benzene rings is 1. The zero-order chi connectivity index (χ0) is 11.4. The number of likely N-dealkylation sites (N-methyl/N-ethyl adjacent to an activating group) is 1. The van der Waals surface area contributed by atoms with Gasteiger partial charge in [-0.2, -0.15) is 0 Å². The SMILES string of the molecule is CCNC(C1=CCCC1)c1ccccc1C. The first-order chi connectivity index (χ1) is 7.83. The van der Waals surface area contributed by atoms with Crippen LogP contribution in [0.4, 0.5) is 0 Å². The Morgan fingerprint density at radius 2 is 2.12 bits per heavy atom. The molecular formula is C15H21N. The zero-order valence-corrected chi connectivity index (χ0v) is 10.3. The Hall–Kier alpha value is -1.08. The lowest BCUT2D eigenvalue weighted by Crippen LogP contribution is -2.23. The van der Waals surface area contributed by atoms with E-state index < -0.39 is 0 Å². The Morgan fingerprint density at radius 1 is 1.31 bits per heavy atom. The van der Waals surface area contributed by atoms with Gasteiger partial charge in [0.2, 0.25) is 0 Å². The molecule has 1 heteroatoms. The van der Waals surface area contributed by atoms with E-state index >= 15 is 0 Å². The largest absolute Gasteiger partial charge is 0.307 e. The summed E-state index contributed by atoms with van der Waals surface area (Å²) in [5.41, 5.74) is 4.41. The van der Waals surface area contributed by atoms with E-state index in [2.05, 4.69) is 49.5 Å². The molecule has 1 N–H and O–H groups in total. The van der Waals surface area contributed by atoms with Gasteiger partial charge >= 0.3 is 0 Å². The smallest absolute Gasteiger partial charge is 0.0538 e. The van der Waals surface area contributed by atoms with Crippen LogP contribution in [0.3, 0.4) is 0 Å².